The molecule has 0 radical (unpaired) electrons. The summed E-state index contributed by atoms with van der Waals surface area (Å²) in [5, 5.41) is 11.7. The number of hydrogen-bond donors (Lipinski definition) is 2. The van der Waals surface area contributed by atoms with Gasteiger partial charge < -0.3 is 19.9 Å². The predicted octanol–water partition coefficient (Wildman–Crippen LogP) is 3.20. The molecule has 0 atom stereocenters. The smallest absolute Gasteiger partial charge is 0.407 e. The molecule has 0 spiro atoms. The van der Waals surface area contributed by atoms with Gasteiger partial charge in [0, 0.05) is 12.1 Å². The molecule has 2 rings (SSSR count). The molecule has 1 aromatic rings. The lowest BCUT2D eigenvalue weighted by Crippen LogP contribution is -2.32. The van der Waals surface area contributed by atoms with Gasteiger partial charge in [-0.2, -0.15) is 0 Å². The molecule has 1 saturated carbocycles. The van der Waals surface area contributed by atoms with Gasteiger partial charge in [0.05, 0.1) is 12.2 Å². The summed E-state index contributed by atoms with van der Waals surface area (Å²) in [7, 11) is 0. The summed E-state index contributed by atoms with van der Waals surface area (Å²) >= 11 is 0. The van der Waals surface area contributed by atoms with Gasteiger partial charge >= 0.3 is 12.1 Å². The van der Waals surface area contributed by atoms with Gasteiger partial charge in [-0.3, -0.25) is 0 Å². The van der Waals surface area contributed by atoms with E-state index < -0.39 is 17.7 Å². The molecular formula is C17H23NO5. The Balaban J connectivity index is 2.04. The number of nitrogens with one attached hydrogen (secondary N) is 1. The van der Waals surface area contributed by atoms with Crippen LogP contribution in [0.15, 0.2) is 18.2 Å². The zero-order valence-corrected chi connectivity index (χ0v) is 13.7. The average molecular weight is 321 g/mol. The van der Waals surface area contributed by atoms with Crippen LogP contribution in [0, 0.1) is 5.92 Å². The third kappa shape index (κ3) is 5.81. The second-order valence-corrected chi connectivity index (χ2v) is 6.74. The molecule has 0 saturated heterocycles. The van der Waals surface area contributed by atoms with E-state index in [2.05, 4.69) is 5.32 Å². The first kappa shape index (κ1) is 17.1. The quantitative estimate of drug-likeness (QED) is 0.840. The van der Waals surface area contributed by atoms with Crippen molar-refractivity contribution in [2.24, 2.45) is 5.92 Å². The van der Waals surface area contributed by atoms with Crippen LogP contribution in [0.3, 0.4) is 0 Å². The van der Waals surface area contributed by atoms with Crippen LogP contribution >= 0.6 is 0 Å². The van der Waals surface area contributed by atoms with Gasteiger partial charge in [0.15, 0.2) is 0 Å². The molecule has 1 aromatic carbocycles. The fraction of sp³-hybridized carbons (Fsp3) is 0.529. The molecule has 0 bridgehead atoms. The Labute approximate surface area is 135 Å². The third-order valence-corrected chi connectivity index (χ3v) is 3.30. The molecule has 0 heterocycles. The normalized spacial score (nSPS) is 14.2. The summed E-state index contributed by atoms with van der Waals surface area (Å²) < 4.78 is 10.9. The first-order chi connectivity index (χ1) is 10.7. The third-order valence-electron chi connectivity index (χ3n) is 3.30. The summed E-state index contributed by atoms with van der Waals surface area (Å²) in [5.74, 6) is 0.163. The van der Waals surface area contributed by atoms with Gasteiger partial charge in [-0.1, -0.05) is 0 Å². The minimum absolute atomic E-state index is 0.149. The molecule has 0 unspecified atom stereocenters. The summed E-state index contributed by atoms with van der Waals surface area (Å²) in [6.45, 7) is 6.10. The van der Waals surface area contributed by atoms with Crippen molar-refractivity contribution >= 4 is 12.1 Å². The van der Waals surface area contributed by atoms with Gasteiger partial charge in [-0.25, -0.2) is 9.59 Å². The van der Waals surface area contributed by atoms with Crippen LogP contribution in [0.4, 0.5) is 4.79 Å². The molecule has 1 aliphatic carbocycles. The van der Waals surface area contributed by atoms with Crippen LogP contribution in [0.1, 0.15) is 49.5 Å². The van der Waals surface area contributed by atoms with Crippen LogP contribution < -0.4 is 10.1 Å². The largest absolute Gasteiger partial charge is 0.493 e. The molecule has 0 aromatic heterocycles. The maximum absolute atomic E-state index is 11.7. The van der Waals surface area contributed by atoms with Crippen molar-refractivity contribution in [3.05, 3.63) is 29.3 Å². The van der Waals surface area contributed by atoms with Gasteiger partial charge in [0.25, 0.3) is 0 Å². The van der Waals surface area contributed by atoms with E-state index in [9.17, 15) is 9.59 Å². The zero-order valence-electron chi connectivity index (χ0n) is 13.7. The second-order valence-electron chi connectivity index (χ2n) is 6.74. The minimum Gasteiger partial charge on any atom is -0.493 e. The minimum atomic E-state index is -1.02. The lowest BCUT2D eigenvalue weighted by molar-refractivity contribution is 0.0523. The summed E-state index contributed by atoms with van der Waals surface area (Å²) in [6.07, 6.45) is 1.78. The number of ether oxygens (including phenoxy) is 2. The Morgan fingerprint density at radius 1 is 1.30 bits per heavy atom. The Bertz CT molecular complexity index is 587. The van der Waals surface area contributed by atoms with E-state index in [4.69, 9.17) is 14.6 Å². The summed E-state index contributed by atoms with van der Waals surface area (Å²) in [5.41, 5.74) is 0.194. The Kier molecular flexibility index (Phi) is 5.13. The molecule has 1 amide bonds. The molecule has 23 heavy (non-hydrogen) atoms. The first-order valence-corrected chi connectivity index (χ1v) is 7.70. The molecule has 6 heteroatoms. The van der Waals surface area contributed by atoms with Crippen LogP contribution in [0.25, 0.3) is 0 Å². The van der Waals surface area contributed by atoms with Crippen molar-refractivity contribution in [1.82, 2.24) is 5.32 Å². The number of carboxylic acid groups (broad SMARTS) is 1. The van der Waals surface area contributed by atoms with E-state index in [0.29, 0.717) is 23.8 Å². The van der Waals surface area contributed by atoms with Crippen LogP contribution in [0.2, 0.25) is 0 Å². The standard InChI is InChI=1S/C17H23NO5/c1-17(2,3)23-16(21)18-9-13-8-12(15(19)20)6-7-14(13)22-10-11-4-5-11/h6-8,11H,4-5,9-10H2,1-3H3,(H,18,21)(H,19,20). The van der Waals surface area contributed by atoms with Crippen molar-refractivity contribution in [3.8, 4) is 5.75 Å². The van der Waals surface area contributed by atoms with E-state index in [0.717, 1.165) is 0 Å². The fourth-order valence-electron chi connectivity index (χ4n) is 1.97. The number of carbonyl (C=O) groups excluding carboxylic acids is 1. The van der Waals surface area contributed by atoms with Gasteiger partial charge in [-0.05, 0) is 57.7 Å². The summed E-state index contributed by atoms with van der Waals surface area (Å²) in [4.78, 5) is 22.9. The number of alkyl carbamates (subject to hydrolysis) is 1. The average Bonchev–Trinajstić information content (AvgIpc) is 3.25. The van der Waals surface area contributed by atoms with Crippen LogP contribution in [0.5, 0.6) is 5.75 Å². The number of aromatic carboxylic acids is 1. The Morgan fingerprint density at radius 3 is 2.57 bits per heavy atom. The lowest BCUT2D eigenvalue weighted by Gasteiger charge is -2.20. The summed E-state index contributed by atoms with van der Waals surface area (Å²) in [6, 6.07) is 4.65. The number of hydrogen-bond acceptors (Lipinski definition) is 4. The Hall–Kier alpha value is -2.24. The number of rotatable bonds is 6. The topological polar surface area (TPSA) is 84.9 Å². The van der Waals surface area contributed by atoms with E-state index in [1.54, 1.807) is 26.8 Å². The highest BCUT2D eigenvalue weighted by molar-refractivity contribution is 5.88. The van der Waals surface area contributed by atoms with Gasteiger partial charge in [-0.15, -0.1) is 0 Å². The van der Waals surface area contributed by atoms with Crippen molar-refractivity contribution < 1.29 is 24.2 Å². The van der Waals surface area contributed by atoms with E-state index in [-0.39, 0.29) is 12.1 Å². The second kappa shape index (κ2) is 6.89. The van der Waals surface area contributed by atoms with Crippen molar-refractivity contribution in [3.63, 3.8) is 0 Å². The monoisotopic (exact) mass is 321 g/mol. The Morgan fingerprint density at radius 2 is 2.00 bits per heavy atom. The molecular weight excluding hydrogens is 298 g/mol. The molecule has 1 fully saturated rings. The number of carboxylic acids is 1. The maximum Gasteiger partial charge on any atom is 0.407 e. The van der Waals surface area contributed by atoms with Crippen LogP contribution in [-0.2, 0) is 11.3 Å². The number of amides is 1. The number of benzene rings is 1. The van der Waals surface area contributed by atoms with Crippen LogP contribution in [-0.4, -0.2) is 29.4 Å². The molecule has 6 nitrogen and oxygen atoms in total. The van der Waals surface area contributed by atoms with E-state index in [1.807, 2.05) is 0 Å². The maximum atomic E-state index is 11.7. The lowest BCUT2D eigenvalue weighted by atomic mass is 10.1. The van der Waals surface area contributed by atoms with Gasteiger partial charge in [0.2, 0.25) is 0 Å². The predicted molar refractivity (Wildman–Crippen MR) is 84.7 cm³/mol. The fourth-order valence-corrected chi connectivity index (χ4v) is 1.97. The highest BCUT2D eigenvalue weighted by Gasteiger charge is 2.23. The molecule has 1 aliphatic rings. The number of carbonyl (C=O) groups is 2. The zero-order chi connectivity index (χ0) is 17.0. The SMILES string of the molecule is CC(C)(C)OC(=O)NCc1cc(C(=O)O)ccc1OCC1CC1. The highest BCUT2D eigenvalue weighted by Crippen LogP contribution is 2.30. The van der Waals surface area contributed by atoms with Crippen molar-refractivity contribution in [2.45, 2.75) is 45.8 Å². The molecule has 0 aliphatic heterocycles. The molecule has 126 valence electrons. The first-order valence-electron chi connectivity index (χ1n) is 7.70. The van der Waals surface area contributed by atoms with Crippen molar-refractivity contribution in [2.75, 3.05) is 6.61 Å². The molecule has 2 N–H and O–H groups in total. The van der Waals surface area contributed by atoms with Gasteiger partial charge in [0.1, 0.15) is 11.4 Å². The van der Waals surface area contributed by atoms with E-state index in [1.165, 1.54) is 25.0 Å². The highest BCUT2D eigenvalue weighted by atomic mass is 16.6. The van der Waals surface area contributed by atoms with E-state index >= 15 is 0 Å². The van der Waals surface area contributed by atoms with Crippen molar-refractivity contribution in [1.29, 1.82) is 0 Å².